The minimum Gasteiger partial charge on any atom is -0.444 e. The molecule has 4 rings (SSSR count). The zero-order valence-electron chi connectivity index (χ0n) is 16.4. The van der Waals surface area contributed by atoms with Crippen molar-refractivity contribution in [1.82, 2.24) is 15.2 Å². The fourth-order valence-electron chi connectivity index (χ4n) is 3.11. The van der Waals surface area contributed by atoms with Gasteiger partial charge in [-0.05, 0) is 18.6 Å². The number of para-hydroxylation sites is 1. The molecule has 0 unspecified atom stereocenters. The van der Waals surface area contributed by atoms with Gasteiger partial charge >= 0.3 is 5.88 Å². The molecule has 10 heteroatoms. The summed E-state index contributed by atoms with van der Waals surface area (Å²) in [5.74, 6) is 1.14. The lowest BCUT2D eigenvalue weighted by molar-refractivity contribution is -0.402. The minimum absolute atomic E-state index is 0.275. The van der Waals surface area contributed by atoms with Gasteiger partial charge in [0.2, 0.25) is 17.3 Å². The first-order valence-electron chi connectivity index (χ1n) is 9.80. The first kappa shape index (κ1) is 20.1. The molecule has 3 aromatic rings. The minimum atomic E-state index is -0.791. The highest BCUT2D eigenvalue weighted by atomic mass is 32.2. The van der Waals surface area contributed by atoms with E-state index < -0.39 is 11.2 Å². The second-order valence-electron chi connectivity index (χ2n) is 6.78. The molecule has 1 N–H and O–H groups in total. The lowest BCUT2D eigenvalue weighted by Gasteiger charge is -2.16. The molecule has 0 saturated heterocycles. The number of ether oxygens (including phenoxy) is 1. The summed E-state index contributed by atoms with van der Waals surface area (Å²) < 4.78 is 11.4. The average molecular weight is 427 g/mol. The average Bonchev–Trinajstić information content (AvgIpc) is 3.18. The second-order valence-corrected chi connectivity index (χ2v) is 7.84. The number of benzene rings is 1. The summed E-state index contributed by atoms with van der Waals surface area (Å²) in [5, 5.41) is 23.4. The Morgan fingerprint density at radius 3 is 2.83 bits per heavy atom. The number of hydrogen-bond donors (Lipinski definition) is 1. The van der Waals surface area contributed by atoms with Gasteiger partial charge in [-0.15, -0.1) is 10.2 Å². The van der Waals surface area contributed by atoms with Crippen molar-refractivity contribution in [3.05, 3.63) is 52.3 Å². The lowest BCUT2D eigenvalue weighted by Crippen LogP contribution is -2.16. The van der Waals surface area contributed by atoms with Crippen LogP contribution in [-0.4, -0.2) is 25.9 Å². The molecule has 1 atom stereocenters. The first-order chi connectivity index (χ1) is 14.7. The van der Waals surface area contributed by atoms with Gasteiger partial charge in [0.05, 0.1) is 6.07 Å². The van der Waals surface area contributed by atoms with Crippen LogP contribution in [0.15, 0.2) is 46.0 Å². The van der Waals surface area contributed by atoms with E-state index in [0.717, 1.165) is 23.4 Å². The zero-order valence-corrected chi connectivity index (χ0v) is 17.2. The van der Waals surface area contributed by atoms with E-state index in [1.54, 1.807) is 0 Å². The summed E-state index contributed by atoms with van der Waals surface area (Å²) in [6.07, 6.45) is 3.87. The highest BCUT2D eigenvalue weighted by molar-refractivity contribution is 7.99. The number of anilines is 1. The van der Waals surface area contributed by atoms with Gasteiger partial charge in [-0.25, -0.2) is 0 Å². The van der Waals surface area contributed by atoms with Crippen LogP contribution >= 0.6 is 11.8 Å². The van der Waals surface area contributed by atoms with Gasteiger partial charge < -0.3 is 14.5 Å². The Hall–Kier alpha value is -3.14. The van der Waals surface area contributed by atoms with E-state index in [9.17, 15) is 10.1 Å². The van der Waals surface area contributed by atoms with E-state index in [-0.39, 0.29) is 11.6 Å². The normalized spacial score (nSPS) is 14.8. The van der Waals surface area contributed by atoms with Crippen LogP contribution in [0.4, 0.5) is 11.6 Å². The Kier molecular flexibility index (Phi) is 6.12. The summed E-state index contributed by atoms with van der Waals surface area (Å²) >= 11 is 1.54. The number of nitro groups is 1. The van der Waals surface area contributed by atoms with E-state index in [1.165, 1.54) is 43.2 Å². The van der Waals surface area contributed by atoms with Crippen LogP contribution in [0.2, 0.25) is 0 Å². The number of aromatic nitrogens is 3. The number of rotatable bonds is 8. The summed E-state index contributed by atoms with van der Waals surface area (Å²) in [6.45, 7) is 2.18. The molecule has 0 amide bonds. The van der Waals surface area contributed by atoms with E-state index in [4.69, 9.17) is 9.15 Å². The van der Waals surface area contributed by atoms with Crippen molar-refractivity contribution in [1.29, 1.82) is 0 Å². The molecule has 0 aliphatic carbocycles. The third kappa shape index (κ3) is 4.38. The molecule has 1 aromatic carbocycles. The topological polar surface area (TPSA) is 116 Å². The maximum absolute atomic E-state index is 11.0. The van der Waals surface area contributed by atoms with Crippen LogP contribution < -0.4 is 10.1 Å². The van der Waals surface area contributed by atoms with Gasteiger partial charge in [-0.2, -0.15) is 4.98 Å². The maximum Gasteiger partial charge on any atom is 0.433 e. The molecular formula is C20H21N5O4S. The number of thioether (sulfide) groups is 1. The molecule has 2 aromatic heterocycles. The van der Waals surface area contributed by atoms with Gasteiger partial charge in [0, 0.05) is 17.0 Å². The van der Waals surface area contributed by atoms with Crippen molar-refractivity contribution < 1.29 is 14.1 Å². The van der Waals surface area contributed by atoms with Gasteiger partial charge in [0.1, 0.15) is 4.92 Å². The smallest absolute Gasteiger partial charge is 0.433 e. The third-order valence-corrected chi connectivity index (χ3v) is 5.54. The molecule has 0 radical (unpaired) electrons. The summed E-state index contributed by atoms with van der Waals surface area (Å²) in [7, 11) is 0. The van der Waals surface area contributed by atoms with Crippen LogP contribution in [0.1, 0.15) is 44.6 Å². The predicted octanol–water partition coefficient (Wildman–Crippen LogP) is 5.22. The Labute approximate surface area is 177 Å². The molecule has 9 nitrogen and oxygen atoms in total. The highest BCUT2D eigenvalue weighted by Crippen LogP contribution is 2.40. The Bertz CT molecular complexity index is 1040. The standard InChI is InChI=1S/C20H21N5O4S/c1-2-3-4-7-12-30-20-22-19-17(23-24-20)13-8-5-6-9-14(13)21-18(29-19)15-10-11-16(28-15)25(26)27/h5-6,8-11,18,21H,2-4,7,12H2,1H3/t18-/m1/s1. The number of hydrogen-bond acceptors (Lipinski definition) is 9. The summed E-state index contributed by atoms with van der Waals surface area (Å²) in [4.78, 5) is 15.0. The SMILES string of the molecule is CCCCCCSc1nnc2c(n1)O[C@H](c1ccc([N+](=O)[O-])o1)Nc1ccccc1-2. The largest absolute Gasteiger partial charge is 0.444 e. The number of nitrogens with one attached hydrogen (secondary N) is 1. The molecule has 30 heavy (non-hydrogen) atoms. The Balaban J connectivity index is 1.62. The van der Waals surface area contributed by atoms with Crippen LogP contribution in [0.25, 0.3) is 11.3 Å². The van der Waals surface area contributed by atoms with E-state index in [1.807, 2.05) is 24.3 Å². The van der Waals surface area contributed by atoms with Crippen molar-refractivity contribution in [2.45, 2.75) is 44.0 Å². The number of nitrogens with zero attached hydrogens (tertiary/aromatic N) is 4. The van der Waals surface area contributed by atoms with Gasteiger partial charge in [0.25, 0.3) is 0 Å². The summed E-state index contributed by atoms with van der Waals surface area (Å²) in [6, 6.07) is 10.3. The monoisotopic (exact) mass is 427 g/mol. The van der Waals surface area contributed by atoms with Gasteiger partial charge in [0.15, 0.2) is 11.5 Å². The van der Waals surface area contributed by atoms with Crippen LogP contribution in [0, 0.1) is 10.1 Å². The first-order valence-corrected chi connectivity index (χ1v) is 10.8. The lowest BCUT2D eigenvalue weighted by atomic mass is 10.1. The molecule has 1 aliphatic rings. The fraction of sp³-hybridized carbons (Fsp3) is 0.350. The van der Waals surface area contributed by atoms with Crippen molar-refractivity contribution in [3.63, 3.8) is 0 Å². The third-order valence-electron chi connectivity index (χ3n) is 4.61. The maximum atomic E-state index is 11.0. The van der Waals surface area contributed by atoms with Gasteiger partial charge in [-0.3, -0.25) is 10.1 Å². The van der Waals surface area contributed by atoms with Gasteiger partial charge in [-0.1, -0.05) is 56.1 Å². The van der Waals surface area contributed by atoms with Crippen LogP contribution in [-0.2, 0) is 0 Å². The number of furan rings is 1. The van der Waals surface area contributed by atoms with E-state index >= 15 is 0 Å². The quantitative estimate of drug-likeness (QED) is 0.223. The molecule has 0 fully saturated rings. The fourth-order valence-corrected chi connectivity index (χ4v) is 3.89. The van der Waals surface area contributed by atoms with Crippen molar-refractivity contribution in [2.24, 2.45) is 0 Å². The molecular weight excluding hydrogens is 406 g/mol. The second kappa shape index (κ2) is 9.12. The van der Waals surface area contributed by atoms with E-state index in [0.29, 0.717) is 16.7 Å². The zero-order chi connectivity index (χ0) is 20.9. The van der Waals surface area contributed by atoms with Crippen LogP contribution in [0.3, 0.4) is 0 Å². The number of unbranched alkanes of at least 4 members (excludes halogenated alkanes) is 3. The summed E-state index contributed by atoms with van der Waals surface area (Å²) in [5.41, 5.74) is 2.05. The number of fused-ring (bicyclic) bond motifs is 3. The Morgan fingerprint density at radius 2 is 2.03 bits per heavy atom. The van der Waals surface area contributed by atoms with E-state index in [2.05, 4.69) is 27.4 Å². The van der Waals surface area contributed by atoms with Crippen molar-refractivity contribution >= 4 is 23.3 Å². The van der Waals surface area contributed by atoms with Crippen molar-refractivity contribution in [2.75, 3.05) is 11.1 Å². The molecule has 0 saturated carbocycles. The molecule has 0 bridgehead atoms. The Morgan fingerprint density at radius 1 is 1.17 bits per heavy atom. The molecule has 156 valence electrons. The predicted molar refractivity (Wildman–Crippen MR) is 112 cm³/mol. The van der Waals surface area contributed by atoms with Crippen molar-refractivity contribution in [3.8, 4) is 17.1 Å². The molecule has 3 heterocycles. The molecule has 0 spiro atoms. The van der Waals surface area contributed by atoms with Crippen LogP contribution in [0.5, 0.6) is 5.88 Å². The highest BCUT2D eigenvalue weighted by Gasteiger charge is 2.29. The molecule has 1 aliphatic heterocycles.